The first-order chi connectivity index (χ1) is 7.61. The van der Waals surface area contributed by atoms with E-state index in [-0.39, 0.29) is 27.6 Å². The summed E-state index contributed by atoms with van der Waals surface area (Å²) in [6.45, 7) is 8.16. The number of nitrogen functional groups attached to an aromatic ring is 1. The quantitative estimate of drug-likeness (QED) is 0.743. The van der Waals surface area contributed by atoms with Crippen LogP contribution in [0, 0.1) is 10.8 Å². The Balaban J connectivity index is 2.25. The number of hydrogen-bond acceptors (Lipinski definition) is 4. The average molecular weight is 258 g/mol. The number of H-pyrrole nitrogens is 1. The van der Waals surface area contributed by atoms with Crippen molar-refractivity contribution in [2.24, 2.45) is 10.8 Å². The van der Waals surface area contributed by atoms with E-state index < -0.39 is 10.0 Å². The van der Waals surface area contributed by atoms with E-state index >= 15 is 0 Å². The molecule has 1 aliphatic carbocycles. The molecule has 1 aliphatic rings. The van der Waals surface area contributed by atoms with Gasteiger partial charge in [-0.2, -0.15) is 5.10 Å². The molecule has 0 amide bonds. The fourth-order valence-electron chi connectivity index (χ4n) is 2.21. The first-order valence-corrected chi connectivity index (χ1v) is 6.90. The summed E-state index contributed by atoms with van der Waals surface area (Å²) in [4.78, 5) is 0.0102. The zero-order chi connectivity index (χ0) is 13.1. The van der Waals surface area contributed by atoms with Crippen molar-refractivity contribution in [1.82, 2.24) is 14.9 Å². The smallest absolute Gasteiger partial charge is 0.246 e. The van der Waals surface area contributed by atoms with Crippen LogP contribution in [0.1, 0.15) is 27.7 Å². The Labute approximate surface area is 101 Å². The minimum absolute atomic E-state index is 0.0102. The molecule has 0 aromatic carbocycles. The Morgan fingerprint density at radius 1 is 1.35 bits per heavy atom. The lowest BCUT2D eigenvalue weighted by Gasteiger charge is -2.06. The molecule has 1 aromatic heterocycles. The van der Waals surface area contributed by atoms with Crippen LogP contribution in [0.25, 0.3) is 0 Å². The molecule has 1 fully saturated rings. The van der Waals surface area contributed by atoms with Crippen LogP contribution in [0.2, 0.25) is 0 Å². The number of sulfonamides is 1. The van der Waals surface area contributed by atoms with E-state index in [0.717, 1.165) is 0 Å². The van der Waals surface area contributed by atoms with Gasteiger partial charge in [-0.3, -0.25) is 5.10 Å². The molecule has 17 heavy (non-hydrogen) atoms. The van der Waals surface area contributed by atoms with Gasteiger partial charge in [0.1, 0.15) is 10.7 Å². The topological polar surface area (TPSA) is 101 Å². The molecule has 0 bridgehead atoms. The van der Waals surface area contributed by atoms with Gasteiger partial charge in [-0.1, -0.05) is 27.7 Å². The number of nitrogens with one attached hydrogen (secondary N) is 2. The van der Waals surface area contributed by atoms with E-state index in [2.05, 4.69) is 14.9 Å². The van der Waals surface area contributed by atoms with Crippen molar-refractivity contribution in [3.05, 3.63) is 6.20 Å². The van der Waals surface area contributed by atoms with Gasteiger partial charge in [-0.05, 0) is 10.8 Å². The minimum atomic E-state index is -3.60. The monoisotopic (exact) mass is 258 g/mol. The number of nitrogens with two attached hydrogens (primary N) is 1. The molecule has 7 heteroatoms. The Bertz CT molecular complexity index is 530. The fraction of sp³-hybridized carbons (Fsp3) is 0.700. The largest absolute Gasteiger partial charge is 0.383 e. The predicted molar refractivity (Wildman–Crippen MR) is 64.7 cm³/mol. The molecular formula is C10H18N4O2S. The normalized spacial score (nSPS) is 22.6. The van der Waals surface area contributed by atoms with Gasteiger partial charge in [0.15, 0.2) is 0 Å². The lowest BCUT2D eigenvalue weighted by molar-refractivity contribution is 0.457. The first kappa shape index (κ1) is 12.4. The molecule has 6 nitrogen and oxygen atoms in total. The maximum atomic E-state index is 12.1. The van der Waals surface area contributed by atoms with Crippen molar-refractivity contribution >= 4 is 15.8 Å². The second-order valence-corrected chi connectivity index (χ2v) is 7.33. The number of nitrogens with zero attached hydrogens (tertiary/aromatic N) is 1. The van der Waals surface area contributed by atoms with Crippen LogP contribution in [-0.2, 0) is 10.0 Å². The third-order valence-corrected chi connectivity index (χ3v) is 5.67. The van der Waals surface area contributed by atoms with Crippen molar-refractivity contribution < 1.29 is 8.42 Å². The van der Waals surface area contributed by atoms with E-state index in [1.165, 1.54) is 6.20 Å². The molecule has 0 atom stereocenters. The Kier molecular flexibility index (Phi) is 2.35. The molecule has 0 aliphatic heterocycles. The summed E-state index contributed by atoms with van der Waals surface area (Å²) in [5, 5.41) is 6.04. The van der Waals surface area contributed by atoms with Crippen molar-refractivity contribution in [3.8, 4) is 0 Å². The number of aromatic nitrogens is 2. The highest BCUT2D eigenvalue weighted by Crippen LogP contribution is 2.62. The Morgan fingerprint density at radius 3 is 2.24 bits per heavy atom. The summed E-state index contributed by atoms with van der Waals surface area (Å²) >= 11 is 0. The summed E-state index contributed by atoms with van der Waals surface area (Å²) < 4.78 is 26.9. The average Bonchev–Trinajstić information content (AvgIpc) is 2.58. The zero-order valence-corrected chi connectivity index (χ0v) is 11.2. The molecule has 0 saturated heterocycles. The SMILES string of the molecule is CC1(C)C(NS(=O)(=O)c2cn[nH]c2N)C1(C)C. The lowest BCUT2D eigenvalue weighted by atomic mass is 10.0. The summed E-state index contributed by atoms with van der Waals surface area (Å²) in [5.74, 6) is 0.0637. The van der Waals surface area contributed by atoms with Crippen LogP contribution < -0.4 is 10.5 Å². The molecule has 0 radical (unpaired) electrons. The number of aromatic amines is 1. The molecule has 1 saturated carbocycles. The van der Waals surface area contributed by atoms with Gasteiger partial charge in [-0.15, -0.1) is 0 Å². The molecule has 1 aromatic rings. The second-order valence-electron chi connectivity index (χ2n) is 5.65. The van der Waals surface area contributed by atoms with Crippen LogP contribution in [0.4, 0.5) is 5.82 Å². The Morgan fingerprint density at radius 2 is 1.88 bits per heavy atom. The van der Waals surface area contributed by atoms with Gasteiger partial charge in [0, 0.05) is 6.04 Å². The third kappa shape index (κ3) is 1.64. The van der Waals surface area contributed by atoms with Gasteiger partial charge in [0.05, 0.1) is 6.20 Å². The summed E-state index contributed by atoms with van der Waals surface area (Å²) in [5.41, 5.74) is 5.41. The summed E-state index contributed by atoms with van der Waals surface area (Å²) in [7, 11) is -3.60. The second kappa shape index (κ2) is 3.23. The minimum Gasteiger partial charge on any atom is -0.383 e. The molecular weight excluding hydrogens is 240 g/mol. The van der Waals surface area contributed by atoms with Gasteiger partial charge in [0.2, 0.25) is 10.0 Å². The standard InChI is InChI=1S/C10H18N4O2S/c1-9(2)8(10(9,3)4)14-17(15,16)6-5-12-13-7(6)11/h5,8,14H,1-4H3,(H3,11,12,13). The predicted octanol–water partition coefficient (Wildman–Crippen LogP) is 0.705. The van der Waals surface area contributed by atoms with Crippen molar-refractivity contribution in [2.75, 3.05) is 5.73 Å². The van der Waals surface area contributed by atoms with Crippen molar-refractivity contribution in [1.29, 1.82) is 0 Å². The van der Waals surface area contributed by atoms with E-state index in [1.807, 2.05) is 27.7 Å². The molecule has 2 rings (SSSR count). The first-order valence-electron chi connectivity index (χ1n) is 5.42. The number of anilines is 1. The van der Waals surface area contributed by atoms with Crippen LogP contribution in [0.3, 0.4) is 0 Å². The van der Waals surface area contributed by atoms with Crippen LogP contribution >= 0.6 is 0 Å². The van der Waals surface area contributed by atoms with E-state index in [1.54, 1.807) is 0 Å². The highest BCUT2D eigenvalue weighted by Gasteiger charge is 2.66. The van der Waals surface area contributed by atoms with Gasteiger partial charge >= 0.3 is 0 Å². The lowest BCUT2D eigenvalue weighted by Crippen LogP contribution is -2.30. The van der Waals surface area contributed by atoms with E-state index in [4.69, 9.17) is 5.73 Å². The number of hydrogen-bond donors (Lipinski definition) is 3. The summed E-state index contributed by atoms with van der Waals surface area (Å²) in [6, 6.07) is -0.0886. The van der Waals surface area contributed by atoms with Crippen molar-refractivity contribution in [2.45, 2.75) is 38.6 Å². The molecule has 96 valence electrons. The van der Waals surface area contributed by atoms with Crippen LogP contribution in [0.15, 0.2) is 11.1 Å². The molecule has 0 spiro atoms. The van der Waals surface area contributed by atoms with Crippen molar-refractivity contribution in [3.63, 3.8) is 0 Å². The van der Waals surface area contributed by atoms with Crippen LogP contribution in [0.5, 0.6) is 0 Å². The highest BCUT2D eigenvalue weighted by atomic mass is 32.2. The van der Waals surface area contributed by atoms with Gasteiger partial charge in [0.25, 0.3) is 0 Å². The third-order valence-electron chi connectivity index (χ3n) is 4.22. The maximum absolute atomic E-state index is 12.1. The van der Waals surface area contributed by atoms with Gasteiger partial charge in [-0.25, -0.2) is 13.1 Å². The maximum Gasteiger partial charge on any atom is 0.246 e. The summed E-state index contributed by atoms with van der Waals surface area (Å²) in [6.07, 6.45) is 1.22. The van der Waals surface area contributed by atoms with Gasteiger partial charge < -0.3 is 5.73 Å². The fourth-order valence-corrected chi connectivity index (χ4v) is 3.76. The zero-order valence-electron chi connectivity index (χ0n) is 10.4. The van der Waals surface area contributed by atoms with Crippen LogP contribution in [-0.4, -0.2) is 24.7 Å². The molecule has 0 unspecified atom stereocenters. The van der Waals surface area contributed by atoms with E-state index in [9.17, 15) is 8.42 Å². The molecule has 1 heterocycles. The Hall–Kier alpha value is -1.08. The van der Waals surface area contributed by atoms with E-state index in [0.29, 0.717) is 0 Å². The highest BCUT2D eigenvalue weighted by molar-refractivity contribution is 7.89. The number of rotatable bonds is 3. The molecule has 4 N–H and O–H groups in total.